The molecule has 1 aliphatic heterocycles. The van der Waals surface area contributed by atoms with Crippen molar-refractivity contribution in [2.45, 2.75) is 12.2 Å². The Morgan fingerprint density at radius 2 is 2.29 bits per heavy atom. The molecule has 0 spiro atoms. The van der Waals surface area contributed by atoms with Crippen molar-refractivity contribution in [2.75, 3.05) is 36.9 Å². The van der Waals surface area contributed by atoms with Crippen molar-refractivity contribution in [3.63, 3.8) is 0 Å². The predicted octanol–water partition coefficient (Wildman–Crippen LogP) is 0.561. The number of carbonyl (C=O) groups is 1. The number of hydrogen-bond acceptors (Lipinski definition) is 4. The number of amides is 1. The van der Waals surface area contributed by atoms with E-state index >= 15 is 0 Å². The topological polar surface area (TPSA) is 41.1 Å². The highest BCUT2D eigenvalue weighted by molar-refractivity contribution is 8.06. The van der Waals surface area contributed by atoms with E-state index in [0.717, 1.165) is 24.9 Å². The summed E-state index contributed by atoms with van der Waals surface area (Å²) in [6, 6.07) is 0. The molecule has 0 aromatic rings. The van der Waals surface area contributed by atoms with E-state index in [4.69, 9.17) is 0 Å². The largest absolute Gasteiger partial charge is 0.355 e. The lowest BCUT2D eigenvalue weighted by molar-refractivity contribution is -0.118. The molecule has 0 saturated carbocycles. The number of carbonyl (C=O) groups excluding carboxylic acids is 1. The lowest BCUT2D eigenvalue weighted by Crippen LogP contribution is -2.35. The molecule has 0 aliphatic carbocycles. The van der Waals surface area contributed by atoms with Gasteiger partial charge in [0, 0.05) is 49.1 Å². The van der Waals surface area contributed by atoms with Gasteiger partial charge in [-0.25, -0.2) is 0 Å². The van der Waals surface area contributed by atoms with Gasteiger partial charge in [-0.05, 0) is 0 Å². The van der Waals surface area contributed by atoms with E-state index in [1.807, 2.05) is 11.8 Å². The summed E-state index contributed by atoms with van der Waals surface area (Å²) in [7, 11) is 0. The highest BCUT2D eigenvalue weighted by Gasteiger charge is 2.12. The summed E-state index contributed by atoms with van der Waals surface area (Å²) in [5.41, 5.74) is 0. The highest BCUT2D eigenvalue weighted by atomic mass is 32.2. The summed E-state index contributed by atoms with van der Waals surface area (Å²) in [5.74, 6) is 3.89. The molecule has 82 valence electrons. The van der Waals surface area contributed by atoms with Crippen molar-refractivity contribution < 1.29 is 4.79 Å². The van der Waals surface area contributed by atoms with Crippen LogP contribution in [-0.2, 0) is 4.79 Å². The monoisotopic (exact) mass is 234 g/mol. The van der Waals surface area contributed by atoms with Crippen molar-refractivity contribution in [3.05, 3.63) is 0 Å². The zero-order valence-electron chi connectivity index (χ0n) is 8.54. The molecule has 1 unspecified atom stereocenters. The molecule has 1 saturated heterocycles. The third-order valence-corrected chi connectivity index (χ3v) is 4.78. The van der Waals surface area contributed by atoms with Crippen molar-refractivity contribution in [1.29, 1.82) is 0 Å². The second kappa shape index (κ2) is 7.43. The minimum atomic E-state index is 0.0504. The molecule has 1 rings (SSSR count). The molecule has 1 fully saturated rings. The van der Waals surface area contributed by atoms with E-state index in [1.165, 1.54) is 17.3 Å². The van der Waals surface area contributed by atoms with Gasteiger partial charge in [0.2, 0.25) is 5.91 Å². The Bertz CT molecular complexity index is 172. The summed E-state index contributed by atoms with van der Waals surface area (Å²) in [4.78, 5) is 10.6. The zero-order valence-corrected chi connectivity index (χ0v) is 10.2. The van der Waals surface area contributed by atoms with Crippen LogP contribution in [0.15, 0.2) is 0 Å². The molecular weight excluding hydrogens is 216 g/mol. The van der Waals surface area contributed by atoms with Crippen LogP contribution >= 0.6 is 23.5 Å². The minimum absolute atomic E-state index is 0.0504. The first kappa shape index (κ1) is 12.2. The van der Waals surface area contributed by atoms with Gasteiger partial charge in [0.15, 0.2) is 0 Å². The van der Waals surface area contributed by atoms with Gasteiger partial charge in [-0.2, -0.15) is 23.5 Å². The molecule has 0 aromatic heterocycles. The highest BCUT2D eigenvalue weighted by Crippen LogP contribution is 2.22. The molecule has 5 heteroatoms. The Hall–Kier alpha value is 0.130. The van der Waals surface area contributed by atoms with Crippen LogP contribution in [0.3, 0.4) is 0 Å². The average Bonchev–Trinajstić information content (AvgIpc) is 2.18. The van der Waals surface area contributed by atoms with Crippen LogP contribution < -0.4 is 10.6 Å². The fraction of sp³-hybridized carbons (Fsp3) is 0.889. The molecule has 1 atom stereocenters. The Morgan fingerprint density at radius 3 is 2.93 bits per heavy atom. The number of rotatable bonds is 5. The first-order chi connectivity index (χ1) is 6.79. The second-order valence-electron chi connectivity index (χ2n) is 3.25. The van der Waals surface area contributed by atoms with Crippen LogP contribution in [0, 0.1) is 0 Å². The molecule has 1 heterocycles. The third-order valence-electron chi connectivity index (χ3n) is 1.93. The van der Waals surface area contributed by atoms with E-state index < -0.39 is 0 Å². The van der Waals surface area contributed by atoms with Crippen molar-refractivity contribution in [3.8, 4) is 0 Å². The summed E-state index contributed by atoms with van der Waals surface area (Å²) < 4.78 is 0. The predicted molar refractivity (Wildman–Crippen MR) is 65.1 cm³/mol. The summed E-state index contributed by atoms with van der Waals surface area (Å²) >= 11 is 4.10. The van der Waals surface area contributed by atoms with E-state index in [1.54, 1.807) is 6.92 Å². The maximum Gasteiger partial charge on any atom is 0.216 e. The number of thioether (sulfide) groups is 2. The number of nitrogens with one attached hydrogen (secondary N) is 2. The maximum absolute atomic E-state index is 10.6. The van der Waals surface area contributed by atoms with Gasteiger partial charge in [0.1, 0.15) is 0 Å². The van der Waals surface area contributed by atoms with Gasteiger partial charge in [0.05, 0.1) is 0 Å². The fourth-order valence-corrected chi connectivity index (χ4v) is 3.89. The number of hydrogen-bond donors (Lipinski definition) is 2. The van der Waals surface area contributed by atoms with Crippen LogP contribution in [0.25, 0.3) is 0 Å². The Balaban J connectivity index is 1.90. The lowest BCUT2D eigenvalue weighted by Gasteiger charge is -2.21. The standard InChI is InChI=1S/C9H18N2OS2/c1-8(12)11-3-2-10-6-9-7-13-4-5-14-9/h9-10H,2-7H2,1H3,(H,11,12). The van der Waals surface area contributed by atoms with Crippen LogP contribution in [-0.4, -0.2) is 48.0 Å². The molecule has 1 amide bonds. The van der Waals surface area contributed by atoms with E-state index in [0.29, 0.717) is 0 Å². The normalized spacial score (nSPS) is 21.9. The quantitative estimate of drug-likeness (QED) is 0.682. The summed E-state index contributed by atoms with van der Waals surface area (Å²) in [6.45, 7) is 4.23. The summed E-state index contributed by atoms with van der Waals surface area (Å²) in [6.07, 6.45) is 0. The molecule has 0 radical (unpaired) electrons. The maximum atomic E-state index is 10.6. The lowest BCUT2D eigenvalue weighted by atomic mass is 10.4. The molecule has 14 heavy (non-hydrogen) atoms. The molecule has 3 nitrogen and oxygen atoms in total. The van der Waals surface area contributed by atoms with E-state index in [2.05, 4.69) is 22.4 Å². The van der Waals surface area contributed by atoms with Gasteiger partial charge in [-0.3, -0.25) is 4.79 Å². The minimum Gasteiger partial charge on any atom is -0.355 e. The van der Waals surface area contributed by atoms with Crippen LogP contribution in [0.4, 0.5) is 0 Å². The molecule has 0 bridgehead atoms. The van der Waals surface area contributed by atoms with Gasteiger partial charge < -0.3 is 10.6 Å². The van der Waals surface area contributed by atoms with Crippen molar-refractivity contribution >= 4 is 29.4 Å². The first-order valence-electron chi connectivity index (χ1n) is 4.93. The van der Waals surface area contributed by atoms with Crippen molar-refractivity contribution in [1.82, 2.24) is 10.6 Å². The second-order valence-corrected chi connectivity index (χ2v) is 5.81. The van der Waals surface area contributed by atoms with Crippen molar-refractivity contribution in [2.24, 2.45) is 0 Å². The Morgan fingerprint density at radius 1 is 1.43 bits per heavy atom. The fourth-order valence-electron chi connectivity index (χ4n) is 1.24. The third kappa shape index (κ3) is 5.78. The molecule has 2 N–H and O–H groups in total. The zero-order chi connectivity index (χ0) is 10.2. The van der Waals surface area contributed by atoms with Gasteiger partial charge in [-0.1, -0.05) is 0 Å². The van der Waals surface area contributed by atoms with E-state index in [-0.39, 0.29) is 5.91 Å². The van der Waals surface area contributed by atoms with Gasteiger partial charge in [-0.15, -0.1) is 0 Å². The molecule has 0 aromatic carbocycles. The van der Waals surface area contributed by atoms with Gasteiger partial charge >= 0.3 is 0 Å². The van der Waals surface area contributed by atoms with Crippen LogP contribution in [0.1, 0.15) is 6.92 Å². The average molecular weight is 234 g/mol. The van der Waals surface area contributed by atoms with Gasteiger partial charge in [0.25, 0.3) is 0 Å². The smallest absolute Gasteiger partial charge is 0.216 e. The van der Waals surface area contributed by atoms with E-state index in [9.17, 15) is 4.79 Å². The SMILES string of the molecule is CC(=O)NCCNCC1CSCCS1. The summed E-state index contributed by atoms with van der Waals surface area (Å²) in [5, 5.41) is 6.89. The first-order valence-corrected chi connectivity index (χ1v) is 7.14. The van der Waals surface area contributed by atoms with Crippen LogP contribution in [0.5, 0.6) is 0 Å². The molecule has 1 aliphatic rings. The Kier molecular flexibility index (Phi) is 6.47. The van der Waals surface area contributed by atoms with Crippen LogP contribution in [0.2, 0.25) is 0 Å². The Labute approximate surface area is 94.2 Å². The molecular formula is C9H18N2OS2.